The number of hydrogen-bond donors (Lipinski definition) is 2. The highest BCUT2D eigenvalue weighted by molar-refractivity contribution is 5.97. The number of amides is 1. The summed E-state index contributed by atoms with van der Waals surface area (Å²) in [6, 6.07) is 7.51. The molecule has 4 nitrogen and oxygen atoms in total. The smallest absolute Gasteiger partial charge is 0.254 e. The van der Waals surface area contributed by atoms with Crippen LogP contribution in [0.1, 0.15) is 56.0 Å². The van der Waals surface area contributed by atoms with E-state index in [1.165, 1.54) is 12.8 Å². The van der Waals surface area contributed by atoms with Gasteiger partial charge in [-0.25, -0.2) is 0 Å². The highest BCUT2D eigenvalue weighted by atomic mass is 16.2. The first-order valence-corrected chi connectivity index (χ1v) is 9.37. The summed E-state index contributed by atoms with van der Waals surface area (Å²) in [4.78, 5) is 15.1. The highest BCUT2D eigenvalue weighted by Crippen LogP contribution is 2.25. The molecule has 24 heavy (non-hydrogen) atoms. The van der Waals surface area contributed by atoms with Gasteiger partial charge in [0.2, 0.25) is 0 Å². The van der Waals surface area contributed by atoms with Crippen molar-refractivity contribution < 1.29 is 4.79 Å². The van der Waals surface area contributed by atoms with E-state index < -0.39 is 0 Å². The van der Waals surface area contributed by atoms with Crippen LogP contribution in [0.3, 0.4) is 0 Å². The van der Waals surface area contributed by atoms with Crippen molar-refractivity contribution in [3.8, 4) is 0 Å². The second-order valence-electron chi connectivity index (χ2n) is 7.83. The molecule has 1 aromatic carbocycles. The molecule has 3 rings (SSSR count). The Morgan fingerprint density at radius 2 is 1.96 bits per heavy atom. The summed E-state index contributed by atoms with van der Waals surface area (Å²) < 4.78 is 0. The number of hydrogen-bond acceptors (Lipinski definition) is 3. The Hall–Kier alpha value is -1.55. The summed E-state index contributed by atoms with van der Waals surface area (Å²) in [7, 11) is 0. The normalized spacial score (nSPS) is 24.8. The number of carbonyl (C=O) groups is 1. The van der Waals surface area contributed by atoms with Gasteiger partial charge in [-0.2, -0.15) is 0 Å². The van der Waals surface area contributed by atoms with Gasteiger partial charge in [0.15, 0.2) is 0 Å². The predicted molar refractivity (Wildman–Crippen MR) is 99.6 cm³/mol. The molecule has 0 radical (unpaired) electrons. The molecule has 2 bridgehead atoms. The number of benzene rings is 1. The molecule has 0 aliphatic carbocycles. The molecule has 2 aliphatic rings. The second kappa shape index (κ2) is 7.14. The molecule has 2 saturated heterocycles. The van der Waals surface area contributed by atoms with Gasteiger partial charge in [0, 0.05) is 42.5 Å². The van der Waals surface area contributed by atoms with Crippen LogP contribution in [-0.2, 0) is 0 Å². The lowest BCUT2D eigenvalue weighted by atomic mass is 10.0. The van der Waals surface area contributed by atoms with E-state index in [4.69, 9.17) is 0 Å². The summed E-state index contributed by atoms with van der Waals surface area (Å²) >= 11 is 0. The van der Waals surface area contributed by atoms with Gasteiger partial charge in [-0.05, 0) is 56.7 Å². The van der Waals surface area contributed by atoms with Crippen LogP contribution in [0.5, 0.6) is 0 Å². The van der Waals surface area contributed by atoms with Gasteiger partial charge in [-0.15, -0.1) is 0 Å². The topological polar surface area (TPSA) is 44.4 Å². The quantitative estimate of drug-likeness (QED) is 0.889. The minimum atomic E-state index is 0.183. The zero-order valence-corrected chi connectivity index (χ0v) is 15.4. The Morgan fingerprint density at radius 3 is 2.71 bits per heavy atom. The summed E-state index contributed by atoms with van der Waals surface area (Å²) in [6.45, 7) is 10.4. The molecule has 0 aromatic heterocycles. The first-order valence-electron chi connectivity index (χ1n) is 9.37. The van der Waals surface area contributed by atoms with E-state index in [-0.39, 0.29) is 5.91 Å². The molecular weight excluding hydrogens is 298 g/mol. The van der Waals surface area contributed by atoms with E-state index >= 15 is 0 Å². The van der Waals surface area contributed by atoms with E-state index in [1.54, 1.807) is 0 Å². The summed E-state index contributed by atoms with van der Waals surface area (Å²) in [5.74, 6) is 0.735. The van der Waals surface area contributed by atoms with Crippen molar-refractivity contribution in [2.45, 2.75) is 65.1 Å². The molecule has 2 fully saturated rings. The molecule has 4 heteroatoms. The molecule has 0 spiro atoms. The largest absolute Gasteiger partial charge is 0.382 e. The standard InChI is InChI=1S/C20H31N3O/c1-13(2)15(4)21-19-7-5-6-18(14(19)3)20(24)23-11-10-16-8-9-17(12-23)22-16/h5-7,13,15-17,21-22H,8-12H2,1-4H3. The summed E-state index contributed by atoms with van der Waals surface area (Å²) in [5.41, 5.74) is 2.99. The first-order chi connectivity index (χ1) is 11.5. The van der Waals surface area contributed by atoms with Crippen LogP contribution in [0.25, 0.3) is 0 Å². The van der Waals surface area contributed by atoms with Crippen LogP contribution in [0.2, 0.25) is 0 Å². The van der Waals surface area contributed by atoms with Gasteiger partial charge in [0.25, 0.3) is 5.91 Å². The van der Waals surface area contributed by atoms with E-state index in [0.717, 1.165) is 36.3 Å². The number of rotatable bonds is 4. The van der Waals surface area contributed by atoms with Gasteiger partial charge in [-0.1, -0.05) is 19.9 Å². The van der Waals surface area contributed by atoms with Crippen LogP contribution in [0.4, 0.5) is 5.69 Å². The maximum absolute atomic E-state index is 13.1. The lowest BCUT2D eigenvalue weighted by Crippen LogP contribution is -2.39. The molecular formula is C20H31N3O. The predicted octanol–water partition coefficient (Wildman–Crippen LogP) is 3.42. The number of anilines is 1. The third kappa shape index (κ3) is 3.59. The molecule has 1 amide bonds. The Kier molecular flexibility index (Phi) is 5.14. The summed E-state index contributed by atoms with van der Waals surface area (Å²) in [5, 5.41) is 7.21. The van der Waals surface area contributed by atoms with Crippen LogP contribution >= 0.6 is 0 Å². The molecule has 3 atom stereocenters. The fraction of sp³-hybridized carbons (Fsp3) is 0.650. The number of nitrogens with one attached hydrogen (secondary N) is 2. The van der Waals surface area contributed by atoms with Crippen molar-refractivity contribution in [2.75, 3.05) is 18.4 Å². The number of likely N-dealkylation sites (tertiary alicyclic amines) is 1. The third-order valence-corrected chi connectivity index (χ3v) is 5.76. The van der Waals surface area contributed by atoms with Crippen LogP contribution in [-0.4, -0.2) is 42.0 Å². The zero-order chi connectivity index (χ0) is 17.3. The third-order valence-electron chi connectivity index (χ3n) is 5.76. The molecule has 1 aromatic rings. The van der Waals surface area contributed by atoms with Crippen molar-refractivity contribution in [2.24, 2.45) is 5.92 Å². The van der Waals surface area contributed by atoms with E-state index in [9.17, 15) is 4.79 Å². The fourth-order valence-electron chi connectivity index (χ4n) is 3.73. The average molecular weight is 329 g/mol. The molecule has 3 unspecified atom stereocenters. The van der Waals surface area contributed by atoms with Crippen molar-refractivity contribution >= 4 is 11.6 Å². The van der Waals surface area contributed by atoms with E-state index in [0.29, 0.717) is 24.0 Å². The van der Waals surface area contributed by atoms with Crippen molar-refractivity contribution in [3.05, 3.63) is 29.3 Å². The second-order valence-corrected chi connectivity index (χ2v) is 7.83. The molecule has 132 valence electrons. The molecule has 2 N–H and O–H groups in total. The lowest BCUT2D eigenvalue weighted by Gasteiger charge is -2.26. The monoisotopic (exact) mass is 329 g/mol. The fourth-order valence-corrected chi connectivity index (χ4v) is 3.73. The minimum Gasteiger partial charge on any atom is -0.382 e. The number of carbonyl (C=O) groups excluding carboxylic acids is 1. The van der Waals surface area contributed by atoms with Gasteiger partial charge in [0.05, 0.1) is 0 Å². The maximum atomic E-state index is 13.1. The Balaban J connectivity index is 1.77. The Morgan fingerprint density at radius 1 is 1.21 bits per heavy atom. The van der Waals surface area contributed by atoms with Gasteiger partial charge in [-0.3, -0.25) is 4.79 Å². The van der Waals surface area contributed by atoms with Crippen molar-refractivity contribution in [1.29, 1.82) is 0 Å². The zero-order valence-electron chi connectivity index (χ0n) is 15.4. The first kappa shape index (κ1) is 17.3. The molecule has 2 heterocycles. The van der Waals surface area contributed by atoms with Crippen LogP contribution in [0.15, 0.2) is 18.2 Å². The van der Waals surface area contributed by atoms with Crippen molar-refractivity contribution in [1.82, 2.24) is 10.2 Å². The highest BCUT2D eigenvalue weighted by Gasteiger charge is 2.31. The van der Waals surface area contributed by atoms with Crippen LogP contribution < -0.4 is 10.6 Å². The van der Waals surface area contributed by atoms with Crippen LogP contribution in [0, 0.1) is 12.8 Å². The number of nitrogens with zero attached hydrogens (tertiary/aromatic N) is 1. The Bertz CT molecular complexity index is 599. The van der Waals surface area contributed by atoms with Crippen molar-refractivity contribution in [3.63, 3.8) is 0 Å². The lowest BCUT2D eigenvalue weighted by molar-refractivity contribution is 0.0747. The summed E-state index contributed by atoms with van der Waals surface area (Å²) in [6.07, 6.45) is 3.53. The average Bonchev–Trinajstić information content (AvgIpc) is 2.87. The molecule has 0 saturated carbocycles. The SMILES string of the molecule is Cc1c(NC(C)C(C)C)cccc1C(=O)N1CCC2CCC(C1)N2. The van der Waals surface area contributed by atoms with E-state index in [1.807, 2.05) is 12.1 Å². The van der Waals surface area contributed by atoms with Gasteiger partial charge in [0.1, 0.15) is 0 Å². The van der Waals surface area contributed by atoms with Gasteiger partial charge < -0.3 is 15.5 Å². The Labute approximate surface area is 146 Å². The minimum absolute atomic E-state index is 0.183. The van der Waals surface area contributed by atoms with E-state index in [2.05, 4.69) is 49.3 Å². The number of fused-ring (bicyclic) bond motifs is 2. The van der Waals surface area contributed by atoms with Gasteiger partial charge >= 0.3 is 0 Å². The maximum Gasteiger partial charge on any atom is 0.254 e. The molecule has 2 aliphatic heterocycles.